The van der Waals surface area contributed by atoms with Crippen LogP contribution in [-0.4, -0.2) is 36.5 Å². The summed E-state index contributed by atoms with van der Waals surface area (Å²) in [4.78, 5) is 23.3. The van der Waals surface area contributed by atoms with Crippen molar-refractivity contribution in [3.05, 3.63) is 0 Å². The van der Waals surface area contributed by atoms with E-state index in [1.54, 1.807) is 0 Å². The molecule has 5 heteroatoms. The van der Waals surface area contributed by atoms with E-state index >= 15 is 0 Å². The molecule has 1 unspecified atom stereocenters. The second-order valence-electron chi connectivity index (χ2n) is 4.37. The Bertz CT molecular complexity index is 284. The van der Waals surface area contributed by atoms with E-state index in [-0.39, 0.29) is 23.8 Å². The monoisotopic (exact) mass is 197 g/mol. The Labute approximate surface area is 82.6 Å². The molecule has 0 aliphatic carbocycles. The highest BCUT2D eigenvalue weighted by Crippen LogP contribution is 2.18. The van der Waals surface area contributed by atoms with Crippen LogP contribution in [-0.2, 0) is 9.59 Å². The van der Waals surface area contributed by atoms with E-state index in [1.807, 2.05) is 13.8 Å². The summed E-state index contributed by atoms with van der Waals surface area (Å²) < 4.78 is 0. The molecule has 1 spiro atoms. The zero-order valence-electron chi connectivity index (χ0n) is 8.39. The van der Waals surface area contributed by atoms with Crippen molar-refractivity contribution in [1.29, 1.82) is 0 Å². The van der Waals surface area contributed by atoms with E-state index < -0.39 is 5.54 Å². The van der Waals surface area contributed by atoms with Crippen molar-refractivity contribution in [1.82, 2.24) is 16.0 Å². The van der Waals surface area contributed by atoms with Crippen molar-refractivity contribution in [3.8, 4) is 0 Å². The highest BCUT2D eigenvalue weighted by molar-refractivity contribution is 6.01. The molecule has 0 radical (unpaired) electrons. The van der Waals surface area contributed by atoms with Gasteiger partial charge in [-0.05, 0) is 5.92 Å². The SMILES string of the molecule is CC(C)C1NC(=O)C2(CNC2)NC1=O. The molecule has 2 fully saturated rings. The molecule has 3 N–H and O–H groups in total. The Hall–Kier alpha value is -1.10. The normalized spacial score (nSPS) is 29.8. The summed E-state index contributed by atoms with van der Waals surface area (Å²) in [6.45, 7) is 4.91. The predicted octanol–water partition coefficient (Wildman–Crippen LogP) is -1.40. The standard InChI is InChI=1S/C9H15N3O2/c1-5(2)6-7(13)12-9(3-10-4-9)8(14)11-6/h5-6,10H,3-4H2,1-2H3,(H,11,14)(H,12,13). The van der Waals surface area contributed by atoms with Crippen LogP contribution in [0.5, 0.6) is 0 Å². The van der Waals surface area contributed by atoms with Crippen LogP contribution in [0.3, 0.4) is 0 Å². The minimum Gasteiger partial charge on any atom is -0.342 e. The zero-order valence-corrected chi connectivity index (χ0v) is 8.39. The number of piperazine rings is 1. The van der Waals surface area contributed by atoms with Crippen LogP contribution in [0, 0.1) is 5.92 Å². The van der Waals surface area contributed by atoms with E-state index in [2.05, 4.69) is 16.0 Å². The van der Waals surface area contributed by atoms with E-state index in [0.29, 0.717) is 13.1 Å². The van der Waals surface area contributed by atoms with E-state index in [9.17, 15) is 9.59 Å². The van der Waals surface area contributed by atoms with Crippen LogP contribution in [0.25, 0.3) is 0 Å². The second kappa shape index (κ2) is 2.95. The van der Waals surface area contributed by atoms with Gasteiger partial charge >= 0.3 is 0 Å². The van der Waals surface area contributed by atoms with E-state index in [0.717, 1.165) is 0 Å². The van der Waals surface area contributed by atoms with Gasteiger partial charge in [-0.1, -0.05) is 13.8 Å². The van der Waals surface area contributed by atoms with Gasteiger partial charge in [0.05, 0.1) is 0 Å². The summed E-state index contributed by atoms with van der Waals surface area (Å²) in [6, 6.07) is -0.381. The zero-order chi connectivity index (χ0) is 10.3. The van der Waals surface area contributed by atoms with Crippen molar-refractivity contribution in [2.24, 2.45) is 5.92 Å². The average Bonchev–Trinajstić information content (AvgIpc) is 2.05. The molecule has 0 aromatic heterocycles. The van der Waals surface area contributed by atoms with Crippen molar-refractivity contribution >= 4 is 11.8 Å². The largest absolute Gasteiger partial charge is 0.342 e. The highest BCUT2D eigenvalue weighted by Gasteiger charge is 2.51. The quantitative estimate of drug-likeness (QED) is 0.484. The molecule has 0 aromatic rings. The van der Waals surface area contributed by atoms with Crippen LogP contribution in [0.2, 0.25) is 0 Å². The Balaban J connectivity index is 2.13. The number of hydrogen-bond donors (Lipinski definition) is 3. The van der Waals surface area contributed by atoms with Gasteiger partial charge in [-0.2, -0.15) is 0 Å². The van der Waals surface area contributed by atoms with Crippen LogP contribution >= 0.6 is 0 Å². The number of carbonyl (C=O) groups excluding carboxylic acids is 2. The van der Waals surface area contributed by atoms with E-state index in [1.165, 1.54) is 0 Å². The van der Waals surface area contributed by atoms with Gasteiger partial charge in [0, 0.05) is 13.1 Å². The molecule has 2 aliphatic rings. The molecule has 14 heavy (non-hydrogen) atoms. The first-order valence-corrected chi connectivity index (χ1v) is 4.89. The molecule has 0 aromatic carbocycles. The number of nitrogens with one attached hydrogen (secondary N) is 3. The molecule has 2 aliphatic heterocycles. The number of hydrogen-bond acceptors (Lipinski definition) is 3. The minimum atomic E-state index is -0.664. The minimum absolute atomic E-state index is 0.0606. The Kier molecular flexibility index (Phi) is 1.99. The summed E-state index contributed by atoms with van der Waals surface area (Å²) in [7, 11) is 0. The highest BCUT2D eigenvalue weighted by atomic mass is 16.2. The Morgan fingerprint density at radius 1 is 1.36 bits per heavy atom. The van der Waals surface area contributed by atoms with Gasteiger partial charge in [-0.15, -0.1) is 0 Å². The summed E-state index contributed by atoms with van der Waals surface area (Å²) in [5, 5.41) is 8.56. The van der Waals surface area contributed by atoms with Crippen molar-refractivity contribution < 1.29 is 9.59 Å². The molecule has 0 bridgehead atoms. The first kappa shape index (κ1) is 9.45. The molecule has 2 heterocycles. The molecule has 2 amide bonds. The molecule has 2 saturated heterocycles. The van der Waals surface area contributed by atoms with Gasteiger partial charge in [0.25, 0.3) is 0 Å². The lowest BCUT2D eigenvalue weighted by molar-refractivity contribution is -0.144. The lowest BCUT2D eigenvalue weighted by atomic mass is 9.86. The lowest BCUT2D eigenvalue weighted by Crippen LogP contribution is -2.81. The van der Waals surface area contributed by atoms with Crippen molar-refractivity contribution in [2.45, 2.75) is 25.4 Å². The summed E-state index contributed by atoms with van der Waals surface area (Å²) >= 11 is 0. The molecule has 0 saturated carbocycles. The summed E-state index contributed by atoms with van der Waals surface area (Å²) in [6.07, 6.45) is 0. The molecular weight excluding hydrogens is 182 g/mol. The summed E-state index contributed by atoms with van der Waals surface area (Å²) in [5.74, 6) is -0.0000132. The number of rotatable bonds is 1. The van der Waals surface area contributed by atoms with Gasteiger partial charge in [0.15, 0.2) is 0 Å². The van der Waals surface area contributed by atoms with Gasteiger partial charge in [-0.25, -0.2) is 0 Å². The van der Waals surface area contributed by atoms with Gasteiger partial charge in [0.2, 0.25) is 11.8 Å². The average molecular weight is 197 g/mol. The third-order valence-corrected chi connectivity index (χ3v) is 2.89. The van der Waals surface area contributed by atoms with Crippen LogP contribution in [0.15, 0.2) is 0 Å². The molecular formula is C9H15N3O2. The van der Waals surface area contributed by atoms with Crippen LogP contribution < -0.4 is 16.0 Å². The lowest BCUT2D eigenvalue weighted by Gasteiger charge is -2.46. The topological polar surface area (TPSA) is 70.2 Å². The van der Waals surface area contributed by atoms with Crippen LogP contribution in [0.4, 0.5) is 0 Å². The molecule has 1 atom stereocenters. The third kappa shape index (κ3) is 1.19. The number of amides is 2. The first-order valence-electron chi connectivity index (χ1n) is 4.89. The Morgan fingerprint density at radius 2 is 2.00 bits per heavy atom. The first-order chi connectivity index (χ1) is 6.55. The maximum Gasteiger partial charge on any atom is 0.249 e. The van der Waals surface area contributed by atoms with Crippen molar-refractivity contribution in [3.63, 3.8) is 0 Å². The third-order valence-electron chi connectivity index (χ3n) is 2.89. The predicted molar refractivity (Wildman–Crippen MR) is 50.5 cm³/mol. The maximum absolute atomic E-state index is 11.7. The number of carbonyl (C=O) groups is 2. The fourth-order valence-electron chi connectivity index (χ4n) is 1.81. The van der Waals surface area contributed by atoms with Gasteiger partial charge in [-0.3, -0.25) is 9.59 Å². The smallest absolute Gasteiger partial charge is 0.249 e. The van der Waals surface area contributed by atoms with Crippen LogP contribution in [0.1, 0.15) is 13.8 Å². The fraction of sp³-hybridized carbons (Fsp3) is 0.778. The molecule has 5 nitrogen and oxygen atoms in total. The Morgan fingerprint density at radius 3 is 2.43 bits per heavy atom. The van der Waals surface area contributed by atoms with Gasteiger partial charge < -0.3 is 16.0 Å². The summed E-state index contributed by atoms with van der Waals surface area (Å²) in [5.41, 5.74) is -0.664. The van der Waals surface area contributed by atoms with Crippen molar-refractivity contribution in [2.75, 3.05) is 13.1 Å². The molecule has 2 rings (SSSR count). The maximum atomic E-state index is 11.7. The fourth-order valence-corrected chi connectivity index (χ4v) is 1.81. The van der Waals surface area contributed by atoms with E-state index in [4.69, 9.17) is 0 Å². The van der Waals surface area contributed by atoms with Gasteiger partial charge in [0.1, 0.15) is 11.6 Å². The second-order valence-corrected chi connectivity index (χ2v) is 4.37. The molecule has 78 valence electrons.